The highest BCUT2D eigenvalue weighted by atomic mass is 16.3. The molecule has 2 nitrogen and oxygen atoms in total. The van der Waals surface area contributed by atoms with Crippen molar-refractivity contribution >= 4 is 0 Å². The average molecular weight is 238 g/mol. The summed E-state index contributed by atoms with van der Waals surface area (Å²) in [6.07, 6.45) is 2.94. The second kappa shape index (κ2) is 5.36. The van der Waals surface area contributed by atoms with E-state index in [9.17, 15) is 10.2 Å². The third-order valence-electron chi connectivity index (χ3n) is 4.38. The number of allylic oxidation sites excluding steroid dienone is 1. The molecule has 1 aliphatic carbocycles. The van der Waals surface area contributed by atoms with Crippen molar-refractivity contribution in [3.8, 4) is 0 Å². The molecule has 1 fully saturated rings. The first kappa shape index (κ1) is 14.5. The zero-order chi connectivity index (χ0) is 13.2. The quantitative estimate of drug-likeness (QED) is 0.723. The summed E-state index contributed by atoms with van der Waals surface area (Å²) in [7, 11) is 0. The van der Waals surface area contributed by atoms with Crippen LogP contribution in [0.1, 0.15) is 46.5 Å². The van der Waals surface area contributed by atoms with Gasteiger partial charge in [-0.05, 0) is 51.4 Å². The highest BCUT2D eigenvalue weighted by Gasteiger charge is 2.41. The van der Waals surface area contributed by atoms with Crippen LogP contribution in [0.2, 0.25) is 0 Å². The van der Waals surface area contributed by atoms with E-state index in [-0.39, 0.29) is 5.92 Å². The van der Waals surface area contributed by atoms with E-state index in [1.165, 1.54) is 0 Å². The molecule has 0 aromatic carbocycles. The van der Waals surface area contributed by atoms with Gasteiger partial charge in [0.05, 0.1) is 11.7 Å². The van der Waals surface area contributed by atoms with Crippen molar-refractivity contribution in [1.29, 1.82) is 0 Å². The molecule has 17 heavy (non-hydrogen) atoms. The van der Waals surface area contributed by atoms with Crippen LogP contribution < -0.4 is 0 Å². The predicted molar refractivity (Wildman–Crippen MR) is 71.7 cm³/mol. The summed E-state index contributed by atoms with van der Waals surface area (Å²) < 4.78 is 0. The fourth-order valence-electron chi connectivity index (χ4n) is 2.67. The molecule has 0 aliphatic heterocycles. The predicted octanol–water partition coefficient (Wildman–Crippen LogP) is 3.06. The van der Waals surface area contributed by atoms with Gasteiger partial charge in [0.15, 0.2) is 0 Å². The van der Waals surface area contributed by atoms with Crippen molar-refractivity contribution in [3.05, 3.63) is 24.3 Å². The van der Waals surface area contributed by atoms with E-state index in [0.717, 1.165) is 30.4 Å². The summed E-state index contributed by atoms with van der Waals surface area (Å²) >= 11 is 0. The zero-order valence-electron chi connectivity index (χ0n) is 11.4. The molecule has 1 rings (SSSR count). The van der Waals surface area contributed by atoms with Gasteiger partial charge in [0.1, 0.15) is 0 Å². The zero-order valence-corrected chi connectivity index (χ0v) is 11.4. The molecular weight excluding hydrogens is 212 g/mol. The highest BCUT2D eigenvalue weighted by molar-refractivity contribution is 5.10. The molecule has 0 aromatic rings. The van der Waals surface area contributed by atoms with Crippen molar-refractivity contribution in [3.63, 3.8) is 0 Å². The van der Waals surface area contributed by atoms with E-state index in [1.807, 2.05) is 13.8 Å². The summed E-state index contributed by atoms with van der Waals surface area (Å²) in [5, 5.41) is 19.8. The first-order valence-electron chi connectivity index (χ1n) is 6.49. The lowest BCUT2D eigenvalue weighted by Crippen LogP contribution is -2.29. The molecule has 0 radical (unpaired) electrons. The third-order valence-corrected chi connectivity index (χ3v) is 4.38. The van der Waals surface area contributed by atoms with E-state index < -0.39 is 11.7 Å². The van der Waals surface area contributed by atoms with Gasteiger partial charge in [-0.1, -0.05) is 31.2 Å². The summed E-state index contributed by atoms with van der Waals surface area (Å²) in [6, 6.07) is 0. The number of aliphatic hydroxyl groups is 2. The van der Waals surface area contributed by atoms with E-state index >= 15 is 0 Å². The van der Waals surface area contributed by atoms with Crippen molar-refractivity contribution in [2.75, 3.05) is 0 Å². The normalized spacial score (nSPS) is 34.6. The van der Waals surface area contributed by atoms with Gasteiger partial charge in [-0.3, -0.25) is 0 Å². The first-order valence-corrected chi connectivity index (χ1v) is 6.49. The van der Waals surface area contributed by atoms with Crippen LogP contribution in [0.25, 0.3) is 0 Å². The van der Waals surface area contributed by atoms with Gasteiger partial charge in [-0.15, -0.1) is 0 Å². The van der Waals surface area contributed by atoms with Crippen molar-refractivity contribution in [2.45, 2.75) is 58.2 Å². The van der Waals surface area contributed by atoms with Crippen molar-refractivity contribution in [2.24, 2.45) is 11.8 Å². The Kier molecular flexibility index (Phi) is 4.56. The Bertz CT molecular complexity index is 304. The maximum Gasteiger partial charge on any atom is 0.0747 e. The molecule has 0 amide bonds. The van der Waals surface area contributed by atoms with Crippen LogP contribution >= 0.6 is 0 Å². The lowest BCUT2D eigenvalue weighted by Gasteiger charge is -2.27. The van der Waals surface area contributed by atoms with Gasteiger partial charge in [-0.25, -0.2) is 0 Å². The highest BCUT2D eigenvalue weighted by Crippen LogP contribution is 2.44. The fourth-order valence-corrected chi connectivity index (χ4v) is 2.67. The Hall–Kier alpha value is -0.600. The molecule has 1 aliphatic rings. The van der Waals surface area contributed by atoms with Gasteiger partial charge >= 0.3 is 0 Å². The topological polar surface area (TPSA) is 40.5 Å². The molecule has 0 saturated heterocycles. The lowest BCUT2D eigenvalue weighted by molar-refractivity contribution is 0.0213. The maximum absolute atomic E-state index is 10.1. The van der Waals surface area contributed by atoms with Gasteiger partial charge in [-0.2, -0.15) is 0 Å². The monoisotopic (exact) mass is 238 g/mol. The van der Waals surface area contributed by atoms with Crippen molar-refractivity contribution < 1.29 is 10.2 Å². The smallest absolute Gasteiger partial charge is 0.0747 e. The fraction of sp³-hybridized carbons (Fsp3) is 0.733. The van der Waals surface area contributed by atoms with E-state index in [4.69, 9.17) is 0 Å². The number of hydrogen-bond donors (Lipinski definition) is 2. The molecule has 4 atom stereocenters. The minimum absolute atomic E-state index is 0.261. The maximum atomic E-state index is 10.1. The lowest BCUT2D eigenvalue weighted by atomic mass is 9.83. The second-order valence-electron chi connectivity index (χ2n) is 5.85. The molecule has 0 aromatic heterocycles. The standard InChI is InChI=1S/C15H26O2/c1-10(2)14(16)7-6-11(3)13-8-9-15(5,17)12(13)4/h12-14,16-17H,1,3,6-9H2,2,4-5H3. The average Bonchev–Trinajstić information content (AvgIpc) is 2.50. The van der Waals surface area contributed by atoms with Gasteiger partial charge in [0.25, 0.3) is 0 Å². The van der Waals surface area contributed by atoms with E-state index in [0.29, 0.717) is 12.3 Å². The van der Waals surface area contributed by atoms with Crippen LogP contribution in [-0.2, 0) is 0 Å². The van der Waals surface area contributed by atoms with Gasteiger partial charge in [0, 0.05) is 0 Å². The van der Waals surface area contributed by atoms with Gasteiger partial charge in [0.2, 0.25) is 0 Å². The first-order chi connectivity index (χ1) is 7.75. The SMILES string of the molecule is C=C(C)C(O)CCC(=C)C1CCC(C)(O)C1C. The second-order valence-corrected chi connectivity index (χ2v) is 5.85. The molecule has 2 N–H and O–H groups in total. The van der Waals surface area contributed by atoms with Crippen molar-refractivity contribution in [1.82, 2.24) is 0 Å². The molecule has 0 heterocycles. The summed E-state index contributed by atoms with van der Waals surface area (Å²) in [5.74, 6) is 0.652. The van der Waals surface area contributed by atoms with Crippen LogP contribution in [0.3, 0.4) is 0 Å². The minimum Gasteiger partial charge on any atom is -0.390 e. The third kappa shape index (κ3) is 3.43. The summed E-state index contributed by atoms with van der Waals surface area (Å²) in [5.41, 5.74) is 1.42. The Morgan fingerprint density at radius 3 is 2.47 bits per heavy atom. The molecule has 0 spiro atoms. The Morgan fingerprint density at radius 1 is 1.47 bits per heavy atom. The van der Waals surface area contributed by atoms with Crippen LogP contribution in [0, 0.1) is 11.8 Å². The van der Waals surface area contributed by atoms with Crippen LogP contribution in [0.5, 0.6) is 0 Å². The summed E-state index contributed by atoms with van der Waals surface area (Å²) in [4.78, 5) is 0. The molecule has 98 valence electrons. The summed E-state index contributed by atoms with van der Waals surface area (Å²) in [6.45, 7) is 13.7. The largest absolute Gasteiger partial charge is 0.390 e. The Labute approximate surface area is 105 Å². The number of hydrogen-bond acceptors (Lipinski definition) is 2. The Morgan fingerprint density at radius 2 is 2.06 bits per heavy atom. The van der Waals surface area contributed by atoms with Crippen LogP contribution in [0.15, 0.2) is 24.3 Å². The van der Waals surface area contributed by atoms with E-state index in [1.54, 1.807) is 0 Å². The minimum atomic E-state index is -0.555. The van der Waals surface area contributed by atoms with E-state index in [2.05, 4.69) is 20.1 Å². The number of rotatable bonds is 5. The molecule has 4 unspecified atom stereocenters. The van der Waals surface area contributed by atoms with Crippen LogP contribution in [-0.4, -0.2) is 21.9 Å². The van der Waals surface area contributed by atoms with Gasteiger partial charge < -0.3 is 10.2 Å². The molecule has 1 saturated carbocycles. The molecule has 2 heteroatoms. The molecular formula is C15H26O2. The Balaban J connectivity index is 2.47. The van der Waals surface area contributed by atoms with Crippen LogP contribution in [0.4, 0.5) is 0 Å². The molecule has 0 bridgehead atoms. The number of aliphatic hydroxyl groups excluding tert-OH is 1.